The van der Waals surface area contributed by atoms with E-state index in [2.05, 4.69) is 6.92 Å². The molecule has 0 aromatic carbocycles. The van der Waals surface area contributed by atoms with Crippen LogP contribution in [0.4, 0.5) is 0 Å². The van der Waals surface area contributed by atoms with Crippen LogP contribution >= 0.6 is 7.82 Å². The number of phosphoric acid groups is 1. The summed E-state index contributed by atoms with van der Waals surface area (Å²) in [4.78, 5) is 20.4. The predicted octanol–water partition coefficient (Wildman–Crippen LogP) is 6.98. The average molecular weight is 524 g/mol. The molecule has 0 aliphatic heterocycles. The van der Waals surface area contributed by atoms with Crippen molar-refractivity contribution in [2.75, 3.05) is 19.8 Å². The van der Waals surface area contributed by atoms with Crippen LogP contribution in [0.2, 0.25) is 0 Å². The topological polar surface area (TPSA) is 128 Å². The lowest BCUT2D eigenvalue weighted by Gasteiger charge is -2.19. The molecule has 0 rings (SSSR count). The van der Waals surface area contributed by atoms with E-state index < -0.39 is 25.9 Å². The number of carbonyl (C=O) groups is 1. The highest BCUT2D eigenvalue weighted by Crippen LogP contribution is 2.45. The predicted molar refractivity (Wildman–Crippen MR) is 142 cm³/mol. The summed E-state index contributed by atoms with van der Waals surface area (Å²) in [6, 6.07) is -1.39. The summed E-state index contributed by atoms with van der Waals surface area (Å²) in [5, 5.41) is 8.78. The summed E-state index contributed by atoms with van der Waals surface area (Å²) < 4.78 is 27.0. The highest BCUT2D eigenvalue weighted by atomic mass is 31.2. The number of carboxylic acid groups (broad SMARTS) is 1. The number of phosphoric ester groups is 1. The largest absolute Gasteiger partial charge is 0.480 e. The van der Waals surface area contributed by atoms with Gasteiger partial charge in [-0.15, -0.1) is 0 Å². The molecule has 0 saturated heterocycles. The van der Waals surface area contributed by atoms with Crippen molar-refractivity contribution in [1.29, 1.82) is 0 Å². The standard InChI is InChI=1S/C26H54NO7P/c1-3-4-5-6-7-8-9-10-11-12-13-14-15-16-17-18-21-32-22-19-20-23-33-35(30,31)34-24(2)25(27)26(28)29/h24-25H,3-23,27H2,1-2H3,(H,28,29)(H,30,31)/t24-,25+/m1/s1. The van der Waals surface area contributed by atoms with Crippen LogP contribution in [0.25, 0.3) is 0 Å². The summed E-state index contributed by atoms with van der Waals surface area (Å²) in [6.45, 7) is 4.94. The Labute approximate surface area is 214 Å². The first-order valence-electron chi connectivity index (χ1n) is 14.0. The monoisotopic (exact) mass is 523 g/mol. The molecule has 0 aliphatic carbocycles. The van der Waals surface area contributed by atoms with Gasteiger partial charge in [0.05, 0.1) is 12.7 Å². The zero-order valence-electron chi connectivity index (χ0n) is 22.5. The Bertz CT molecular complexity index is 536. The highest BCUT2D eigenvalue weighted by molar-refractivity contribution is 7.47. The van der Waals surface area contributed by atoms with Crippen molar-refractivity contribution in [3.63, 3.8) is 0 Å². The molecule has 9 heteroatoms. The average Bonchev–Trinajstić information content (AvgIpc) is 2.81. The normalized spacial score (nSPS) is 15.1. The number of unbranched alkanes of at least 4 members (excludes halogenated alkanes) is 16. The van der Waals surface area contributed by atoms with Gasteiger partial charge in [-0.1, -0.05) is 103 Å². The highest BCUT2D eigenvalue weighted by Gasteiger charge is 2.30. The second kappa shape index (κ2) is 23.9. The van der Waals surface area contributed by atoms with Gasteiger partial charge in [0.15, 0.2) is 0 Å². The van der Waals surface area contributed by atoms with Crippen LogP contribution in [0.15, 0.2) is 0 Å². The number of ether oxygens (including phenoxy) is 1. The van der Waals surface area contributed by atoms with Crippen LogP contribution in [-0.4, -0.2) is 47.9 Å². The van der Waals surface area contributed by atoms with Crippen LogP contribution < -0.4 is 5.73 Å². The van der Waals surface area contributed by atoms with Gasteiger partial charge < -0.3 is 20.5 Å². The van der Waals surface area contributed by atoms with Crippen molar-refractivity contribution in [2.45, 2.75) is 142 Å². The first-order valence-corrected chi connectivity index (χ1v) is 15.5. The lowest BCUT2D eigenvalue weighted by molar-refractivity contribution is -0.140. The molecule has 210 valence electrons. The Hall–Kier alpha value is -0.500. The third-order valence-corrected chi connectivity index (χ3v) is 7.28. The summed E-state index contributed by atoms with van der Waals surface area (Å²) in [7, 11) is -4.32. The Kier molecular flexibility index (Phi) is 23.5. The van der Waals surface area contributed by atoms with Crippen molar-refractivity contribution in [1.82, 2.24) is 0 Å². The van der Waals surface area contributed by atoms with Crippen molar-refractivity contribution in [3.8, 4) is 0 Å². The Morgan fingerprint density at radius 1 is 0.743 bits per heavy atom. The molecule has 0 heterocycles. The zero-order valence-corrected chi connectivity index (χ0v) is 23.4. The van der Waals surface area contributed by atoms with Crippen molar-refractivity contribution in [2.24, 2.45) is 5.73 Å². The van der Waals surface area contributed by atoms with Crippen LogP contribution in [0, 0.1) is 0 Å². The Balaban J connectivity index is 3.32. The molecule has 3 atom stereocenters. The summed E-state index contributed by atoms with van der Waals surface area (Å²) in [5.74, 6) is -1.31. The second-order valence-electron chi connectivity index (χ2n) is 9.60. The fourth-order valence-electron chi connectivity index (χ4n) is 3.85. The summed E-state index contributed by atoms with van der Waals surface area (Å²) >= 11 is 0. The number of hydrogen-bond acceptors (Lipinski definition) is 6. The van der Waals surface area contributed by atoms with Crippen LogP contribution in [-0.2, 0) is 23.1 Å². The molecule has 0 amide bonds. The maximum absolute atomic E-state index is 11.8. The molecular formula is C26H54NO7P. The Morgan fingerprint density at radius 3 is 1.54 bits per heavy atom. The quantitative estimate of drug-likeness (QED) is 0.0777. The van der Waals surface area contributed by atoms with Gasteiger partial charge in [0.25, 0.3) is 0 Å². The molecule has 0 bridgehead atoms. The van der Waals surface area contributed by atoms with Crippen LogP contribution in [0.3, 0.4) is 0 Å². The second-order valence-corrected chi connectivity index (χ2v) is 11.0. The molecule has 4 N–H and O–H groups in total. The van der Waals surface area contributed by atoms with E-state index in [0.717, 1.165) is 13.0 Å². The number of rotatable bonds is 27. The van der Waals surface area contributed by atoms with E-state index in [4.69, 9.17) is 24.6 Å². The van der Waals surface area contributed by atoms with Crippen molar-refractivity contribution in [3.05, 3.63) is 0 Å². The van der Waals surface area contributed by atoms with Crippen LogP contribution in [0.1, 0.15) is 129 Å². The maximum atomic E-state index is 11.8. The molecule has 0 aromatic rings. The molecule has 35 heavy (non-hydrogen) atoms. The van der Waals surface area contributed by atoms with Crippen molar-refractivity contribution >= 4 is 13.8 Å². The summed E-state index contributed by atoms with van der Waals surface area (Å²) in [6.07, 6.45) is 21.7. The molecule has 0 spiro atoms. The van der Waals surface area contributed by atoms with Gasteiger partial charge in [0, 0.05) is 13.2 Å². The minimum atomic E-state index is -4.32. The lowest BCUT2D eigenvalue weighted by Crippen LogP contribution is -2.41. The molecule has 1 unspecified atom stereocenters. The molecule has 0 radical (unpaired) electrons. The fourth-order valence-corrected chi connectivity index (χ4v) is 4.82. The van der Waals surface area contributed by atoms with Crippen LogP contribution in [0.5, 0.6) is 0 Å². The first-order chi connectivity index (χ1) is 16.8. The molecule has 0 fully saturated rings. The first kappa shape index (κ1) is 34.5. The lowest BCUT2D eigenvalue weighted by atomic mass is 10.0. The molecule has 0 saturated carbocycles. The van der Waals surface area contributed by atoms with E-state index in [0.29, 0.717) is 19.4 Å². The van der Waals surface area contributed by atoms with Gasteiger partial charge >= 0.3 is 13.8 Å². The molecule has 0 aromatic heterocycles. The van der Waals surface area contributed by atoms with E-state index in [1.807, 2.05) is 0 Å². The summed E-state index contributed by atoms with van der Waals surface area (Å²) in [5.41, 5.74) is 5.35. The molecule has 8 nitrogen and oxygen atoms in total. The third-order valence-electron chi connectivity index (χ3n) is 6.17. The van der Waals surface area contributed by atoms with Gasteiger partial charge in [-0.3, -0.25) is 13.8 Å². The minimum absolute atomic E-state index is 0.0330. The number of aliphatic carboxylic acids is 1. The number of carboxylic acids is 1. The van der Waals surface area contributed by atoms with Gasteiger partial charge in [0.2, 0.25) is 0 Å². The molecular weight excluding hydrogens is 469 g/mol. The minimum Gasteiger partial charge on any atom is -0.480 e. The smallest absolute Gasteiger partial charge is 0.472 e. The van der Waals surface area contributed by atoms with E-state index in [1.54, 1.807) is 0 Å². The third kappa shape index (κ3) is 23.6. The number of hydrogen-bond donors (Lipinski definition) is 3. The van der Waals surface area contributed by atoms with Gasteiger partial charge in [-0.2, -0.15) is 0 Å². The van der Waals surface area contributed by atoms with E-state index in [1.165, 1.54) is 103 Å². The number of nitrogens with two attached hydrogens (primary N) is 1. The van der Waals surface area contributed by atoms with Crippen molar-refractivity contribution < 1.29 is 33.1 Å². The van der Waals surface area contributed by atoms with Gasteiger partial charge in [0.1, 0.15) is 6.04 Å². The van der Waals surface area contributed by atoms with Gasteiger partial charge in [-0.25, -0.2) is 4.57 Å². The fraction of sp³-hybridized carbons (Fsp3) is 0.962. The Morgan fingerprint density at radius 2 is 1.11 bits per heavy atom. The van der Waals surface area contributed by atoms with E-state index in [9.17, 15) is 14.3 Å². The van der Waals surface area contributed by atoms with E-state index >= 15 is 0 Å². The molecule has 0 aliphatic rings. The maximum Gasteiger partial charge on any atom is 0.472 e. The zero-order chi connectivity index (χ0) is 26.2. The van der Waals surface area contributed by atoms with E-state index in [-0.39, 0.29) is 6.61 Å². The SMILES string of the molecule is CCCCCCCCCCCCCCCCCCOCCCCOP(=O)(O)O[C@H](C)[C@H](N)C(=O)O. The van der Waals surface area contributed by atoms with Gasteiger partial charge in [-0.05, 0) is 26.2 Å².